The van der Waals surface area contributed by atoms with Crippen LogP contribution in [0.5, 0.6) is 0 Å². The van der Waals surface area contributed by atoms with Crippen molar-refractivity contribution in [2.45, 2.75) is 6.42 Å². The van der Waals surface area contributed by atoms with Crippen molar-refractivity contribution in [2.75, 3.05) is 14.1 Å². The molecule has 1 heterocycles. The standard InChI is InChI=1S/C13H14N2OS/c1-15(2)13(16)9-5-8-12-14-10-6-3-4-7-11(10)17-12/h3-7,9H,8H2,1-2H3. The number of carbonyl (C=O) groups excluding carboxylic acids is 1. The maximum Gasteiger partial charge on any atom is 0.245 e. The first kappa shape index (κ1) is 11.8. The minimum atomic E-state index is 0.00566. The summed E-state index contributed by atoms with van der Waals surface area (Å²) in [5, 5.41) is 1.04. The second kappa shape index (κ2) is 5.10. The van der Waals surface area contributed by atoms with E-state index in [0.29, 0.717) is 6.42 Å². The topological polar surface area (TPSA) is 33.2 Å². The molecule has 0 spiro atoms. The summed E-state index contributed by atoms with van der Waals surface area (Å²) in [6.45, 7) is 0. The van der Waals surface area contributed by atoms with Gasteiger partial charge in [0.2, 0.25) is 5.91 Å². The number of aromatic nitrogens is 1. The maximum absolute atomic E-state index is 11.3. The Kier molecular flexibility index (Phi) is 3.54. The predicted octanol–water partition coefficient (Wildman–Crippen LogP) is 2.48. The summed E-state index contributed by atoms with van der Waals surface area (Å²) in [6.07, 6.45) is 4.16. The number of carbonyl (C=O) groups is 1. The van der Waals surface area contributed by atoms with E-state index in [1.54, 1.807) is 36.4 Å². The lowest BCUT2D eigenvalue weighted by Gasteiger charge is -2.04. The van der Waals surface area contributed by atoms with Gasteiger partial charge in [-0.3, -0.25) is 4.79 Å². The molecular formula is C13H14N2OS. The van der Waals surface area contributed by atoms with Crippen LogP contribution in [-0.4, -0.2) is 29.9 Å². The summed E-state index contributed by atoms with van der Waals surface area (Å²) in [5.41, 5.74) is 1.03. The smallest absolute Gasteiger partial charge is 0.245 e. The largest absolute Gasteiger partial charge is 0.345 e. The number of nitrogens with zero attached hydrogens (tertiary/aromatic N) is 2. The van der Waals surface area contributed by atoms with Crippen molar-refractivity contribution in [3.05, 3.63) is 41.4 Å². The molecule has 2 rings (SSSR count). The number of hydrogen-bond acceptors (Lipinski definition) is 3. The number of thiazole rings is 1. The quantitative estimate of drug-likeness (QED) is 0.780. The highest BCUT2D eigenvalue weighted by molar-refractivity contribution is 7.18. The minimum Gasteiger partial charge on any atom is -0.345 e. The second-order valence-electron chi connectivity index (χ2n) is 3.91. The molecule has 2 aromatic rings. The van der Waals surface area contributed by atoms with Crippen molar-refractivity contribution >= 4 is 27.5 Å². The van der Waals surface area contributed by atoms with Gasteiger partial charge in [-0.1, -0.05) is 18.2 Å². The Bertz CT molecular complexity index is 524. The van der Waals surface area contributed by atoms with Gasteiger partial charge >= 0.3 is 0 Å². The first-order valence-electron chi connectivity index (χ1n) is 5.39. The molecule has 0 aliphatic carbocycles. The van der Waals surface area contributed by atoms with Crippen LogP contribution >= 0.6 is 11.3 Å². The van der Waals surface area contributed by atoms with E-state index in [1.165, 1.54) is 4.70 Å². The van der Waals surface area contributed by atoms with Crippen LogP contribution in [0.15, 0.2) is 36.4 Å². The summed E-state index contributed by atoms with van der Waals surface area (Å²) in [5.74, 6) is 0.00566. The zero-order chi connectivity index (χ0) is 12.3. The molecule has 1 aromatic heterocycles. The monoisotopic (exact) mass is 246 g/mol. The van der Waals surface area contributed by atoms with Crippen molar-refractivity contribution in [1.29, 1.82) is 0 Å². The predicted molar refractivity (Wildman–Crippen MR) is 71.2 cm³/mol. The van der Waals surface area contributed by atoms with Crippen LogP contribution < -0.4 is 0 Å². The van der Waals surface area contributed by atoms with Crippen LogP contribution in [0.2, 0.25) is 0 Å². The third-order valence-electron chi connectivity index (χ3n) is 2.33. The van der Waals surface area contributed by atoms with Crippen molar-refractivity contribution in [3.8, 4) is 0 Å². The zero-order valence-corrected chi connectivity index (χ0v) is 10.7. The Hall–Kier alpha value is -1.68. The van der Waals surface area contributed by atoms with Crippen molar-refractivity contribution in [1.82, 2.24) is 9.88 Å². The number of para-hydroxylation sites is 1. The van der Waals surface area contributed by atoms with E-state index in [4.69, 9.17) is 0 Å². The van der Waals surface area contributed by atoms with E-state index >= 15 is 0 Å². The average molecular weight is 246 g/mol. The van der Waals surface area contributed by atoms with Gasteiger partial charge in [0.05, 0.1) is 15.2 Å². The van der Waals surface area contributed by atoms with Gasteiger partial charge in [0, 0.05) is 20.5 Å². The molecule has 0 bridgehead atoms. The highest BCUT2D eigenvalue weighted by Crippen LogP contribution is 2.21. The Morgan fingerprint density at radius 2 is 2.18 bits per heavy atom. The van der Waals surface area contributed by atoms with E-state index in [2.05, 4.69) is 11.1 Å². The number of allylic oxidation sites excluding steroid dienone is 1. The maximum atomic E-state index is 11.3. The van der Waals surface area contributed by atoms with Crippen LogP contribution in [0.1, 0.15) is 5.01 Å². The Labute approximate surface area is 104 Å². The van der Waals surface area contributed by atoms with Gasteiger partial charge < -0.3 is 4.90 Å². The number of amides is 1. The third-order valence-corrected chi connectivity index (χ3v) is 3.39. The molecule has 1 amide bonds. The van der Waals surface area contributed by atoms with Gasteiger partial charge in [-0.05, 0) is 18.2 Å². The molecule has 0 N–H and O–H groups in total. The minimum absolute atomic E-state index is 0.00566. The average Bonchev–Trinajstić information content (AvgIpc) is 2.71. The molecule has 0 atom stereocenters. The fourth-order valence-electron chi connectivity index (χ4n) is 1.42. The molecule has 88 valence electrons. The normalized spacial score (nSPS) is 11.2. The lowest BCUT2D eigenvalue weighted by molar-refractivity contribution is -0.123. The van der Waals surface area contributed by atoms with Gasteiger partial charge in [0.15, 0.2) is 0 Å². The summed E-state index contributed by atoms with van der Waals surface area (Å²) in [7, 11) is 3.48. The van der Waals surface area contributed by atoms with Crippen LogP contribution in [0.3, 0.4) is 0 Å². The second-order valence-corrected chi connectivity index (χ2v) is 5.03. The zero-order valence-electron chi connectivity index (χ0n) is 9.88. The molecular weight excluding hydrogens is 232 g/mol. The lowest BCUT2D eigenvalue weighted by atomic mass is 10.3. The van der Waals surface area contributed by atoms with E-state index in [0.717, 1.165) is 10.5 Å². The molecule has 17 heavy (non-hydrogen) atoms. The number of hydrogen-bond donors (Lipinski definition) is 0. The Morgan fingerprint density at radius 1 is 1.41 bits per heavy atom. The van der Waals surface area contributed by atoms with Gasteiger partial charge in [-0.15, -0.1) is 11.3 Å². The molecule has 4 heteroatoms. The van der Waals surface area contributed by atoms with Gasteiger partial charge in [-0.25, -0.2) is 4.98 Å². The molecule has 0 aliphatic heterocycles. The first-order chi connectivity index (χ1) is 8.16. The number of likely N-dealkylation sites (N-methyl/N-ethyl adjacent to an activating group) is 1. The van der Waals surface area contributed by atoms with Crippen LogP contribution in [0.4, 0.5) is 0 Å². The van der Waals surface area contributed by atoms with Crippen LogP contribution in [0.25, 0.3) is 10.2 Å². The molecule has 0 fully saturated rings. The fourth-order valence-corrected chi connectivity index (χ4v) is 2.36. The highest BCUT2D eigenvalue weighted by Gasteiger charge is 2.01. The summed E-state index contributed by atoms with van der Waals surface area (Å²) >= 11 is 1.67. The molecule has 3 nitrogen and oxygen atoms in total. The van der Waals surface area contributed by atoms with E-state index in [-0.39, 0.29) is 5.91 Å². The van der Waals surface area contributed by atoms with Gasteiger partial charge in [0.1, 0.15) is 0 Å². The first-order valence-corrected chi connectivity index (χ1v) is 6.21. The van der Waals surface area contributed by atoms with Gasteiger partial charge in [-0.2, -0.15) is 0 Å². The number of fused-ring (bicyclic) bond motifs is 1. The number of benzene rings is 1. The Morgan fingerprint density at radius 3 is 2.88 bits per heavy atom. The van der Waals surface area contributed by atoms with E-state index in [9.17, 15) is 4.79 Å². The number of rotatable bonds is 3. The van der Waals surface area contributed by atoms with E-state index in [1.807, 2.05) is 24.3 Å². The van der Waals surface area contributed by atoms with Crippen LogP contribution in [-0.2, 0) is 11.2 Å². The van der Waals surface area contributed by atoms with Crippen molar-refractivity contribution in [2.24, 2.45) is 0 Å². The molecule has 0 radical (unpaired) electrons. The third kappa shape index (κ3) is 2.91. The van der Waals surface area contributed by atoms with Crippen molar-refractivity contribution in [3.63, 3.8) is 0 Å². The summed E-state index contributed by atoms with van der Waals surface area (Å²) in [6, 6.07) is 8.06. The Balaban J connectivity index is 2.06. The van der Waals surface area contributed by atoms with E-state index < -0.39 is 0 Å². The lowest BCUT2D eigenvalue weighted by Crippen LogP contribution is -2.18. The molecule has 0 saturated carbocycles. The molecule has 0 aliphatic rings. The fraction of sp³-hybridized carbons (Fsp3) is 0.231. The van der Waals surface area contributed by atoms with Crippen LogP contribution in [0, 0.1) is 0 Å². The summed E-state index contributed by atoms with van der Waals surface area (Å²) in [4.78, 5) is 17.4. The highest BCUT2D eigenvalue weighted by atomic mass is 32.1. The molecule has 0 saturated heterocycles. The van der Waals surface area contributed by atoms with Gasteiger partial charge in [0.25, 0.3) is 0 Å². The molecule has 0 unspecified atom stereocenters. The summed E-state index contributed by atoms with van der Waals surface area (Å²) < 4.78 is 1.19. The molecule has 1 aromatic carbocycles. The SMILES string of the molecule is CN(C)C(=O)C=CCc1nc2ccccc2s1. The van der Waals surface area contributed by atoms with Crippen molar-refractivity contribution < 1.29 is 4.79 Å².